The van der Waals surface area contributed by atoms with E-state index in [2.05, 4.69) is 24.8 Å². The fourth-order valence-corrected chi connectivity index (χ4v) is 3.64. The van der Waals surface area contributed by atoms with Gasteiger partial charge in [0.25, 0.3) is 5.56 Å². The summed E-state index contributed by atoms with van der Waals surface area (Å²) in [5.74, 6) is -1.02. The molecule has 4 rings (SSSR count). The first-order valence-electron chi connectivity index (χ1n) is 10.7. The van der Waals surface area contributed by atoms with E-state index in [1.165, 1.54) is 6.07 Å². The molecule has 0 unspecified atom stereocenters. The van der Waals surface area contributed by atoms with Crippen molar-refractivity contribution in [3.05, 3.63) is 63.8 Å². The second-order valence-corrected chi connectivity index (χ2v) is 7.22. The van der Waals surface area contributed by atoms with Crippen LogP contribution in [0.15, 0.2) is 41.5 Å². The Morgan fingerprint density at radius 3 is 2.45 bits per heavy atom. The predicted molar refractivity (Wildman–Crippen MR) is 122 cm³/mol. The van der Waals surface area contributed by atoms with Crippen molar-refractivity contribution < 1.29 is 9.90 Å². The molecule has 164 valence electrons. The minimum Gasteiger partial charge on any atom is -0.477 e. The number of pyridine rings is 3. The zero-order valence-corrected chi connectivity index (χ0v) is 18.3. The van der Waals surface area contributed by atoms with Crippen molar-refractivity contribution in [2.45, 2.75) is 33.7 Å². The van der Waals surface area contributed by atoms with Crippen molar-refractivity contribution in [3.63, 3.8) is 0 Å². The lowest BCUT2D eigenvalue weighted by atomic mass is 10.1. The van der Waals surface area contributed by atoms with E-state index in [9.17, 15) is 9.59 Å². The summed E-state index contributed by atoms with van der Waals surface area (Å²) >= 11 is 0. The molecule has 31 heavy (non-hydrogen) atoms. The van der Waals surface area contributed by atoms with Crippen LogP contribution in [0.4, 0.5) is 5.69 Å². The van der Waals surface area contributed by atoms with Crippen molar-refractivity contribution in [1.29, 1.82) is 0 Å². The Hall–Kier alpha value is -3.26. The number of aryl methyl sites for hydroxylation is 1. The Bertz CT molecular complexity index is 1090. The molecule has 0 saturated carbocycles. The van der Waals surface area contributed by atoms with Gasteiger partial charge in [-0.05, 0) is 36.2 Å². The third kappa shape index (κ3) is 5.27. The Balaban J connectivity index is 0.00000132. The van der Waals surface area contributed by atoms with Gasteiger partial charge in [-0.1, -0.05) is 20.8 Å². The molecule has 4 heterocycles. The fourth-order valence-electron chi connectivity index (χ4n) is 3.64. The van der Waals surface area contributed by atoms with Gasteiger partial charge >= 0.3 is 5.97 Å². The van der Waals surface area contributed by atoms with Crippen LogP contribution >= 0.6 is 0 Å². The van der Waals surface area contributed by atoms with Crippen molar-refractivity contribution >= 4 is 22.7 Å². The summed E-state index contributed by atoms with van der Waals surface area (Å²) in [5, 5.41) is 8.96. The molecule has 0 aliphatic carbocycles. The van der Waals surface area contributed by atoms with E-state index in [1.807, 2.05) is 39.1 Å². The molecule has 1 aliphatic rings. The van der Waals surface area contributed by atoms with Crippen LogP contribution in [-0.2, 0) is 13.0 Å². The fraction of sp³-hybridized carbons (Fsp3) is 0.391. The Morgan fingerprint density at radius 1 is 1.10 bits per heavy atom. The van der Waals surface area contributed by atoms with Crippen LogP contribution in [0.1, 0.15) is 42.4 Å². The number of aromatic amines is 1. The van der Waals surface area contributed by atoms with Crippen LogP contribution < -0.4 is 10.5 Å². The Labute approximate surface area is 181 Å². The molecule has 0 spiro atoms. The maximum atomic E-state index is 12.1. The lowest BCUT2D eigenvalue weighted by Crippen LogP contribution is -2.46. The highest BCUT2D eigenvalue weighted by Gasteiger charge is 2.18. The number of aromatic carboxylic acids is 1. The largest absolute Gasteiger partial charge is 0.477 e. The van der Waals surface area contributed by atoms with E-state index in [0.717, 1.165) is 60.6 Å². The maximum absolute atomic E-state index is 12.1. The number of hydrogen-bond donors (Lipinski definition) is 2. The molecule has 1 saturated heterocycles. The van der Waals surface area contributed by atoms with Gasteiger partial charge < -0.3 is 15.0 Å². The van der Waals surface area contributed by atoms with Gasteiger partial charge in [0, 0.05) is 44.5 Å². The first-order chi connectivity index (χ1) is 15.0. The monoisotopic (exact) mass is 423 g/mol. The highest BCUT2D eigenvalue weighted by molar-refractivity contribution is 5.85. The standard InChI is InChI=1S/C21H23N5O3.C2H6/c1-2-15-10-18-19(24-20(15)27)9-14(11-22-18)13-25-5-7-26(8-6-25)16-3-4-17(21(28)29)23-12-16;1-2/h3-4,9-12H,2,5-8,13H2,1H3,(H,24,27)(H,28,29);1-2H3. The number of carboxylic acid groups (broad SMARTS) is 1. The smallest absolute Gasteiger partial charge is 0.354 e. The number of piperazine rings is 1. The summed E-state index contributed by atoms with van der Waals surface area (Å²) in [6.45, 7) is 10.2. The molecule has 0 radical (unpaired) electrons. The number of fused-ring (bicyclic) bond motifs is 1. The van der Waals surface area contributed by atoms with E-state index >= 15 is 0 Å². The minimum absolute atomic E-state index is 0.0462. The molecule has 0 atom stereocenters. The number of nitrogens with zero attached hydrogens (tertiary/aromatic N) is 4. The SMILES string of the molecule is CC.CCc1cc2ncc(CN3CCN(c4ccc(C(=O)O)nc4)CC3)cc2[nH]c1=O. The lowest BCUT2D eigenvalue weighted by Gasteiger charge is -2.35. The number of rotatable bonds is 5. The number of hydrogen-bond acceptors (Lipinski definition) is 6. The molecule has 0 bridgehead atoms. The quantitative estimate of drug-likeness (QED) is 0.650. The van der Waals surface area contributed by atoms with Crippen LogP contribution in [0.3, 0.4) is 0 Å². The zero-order valence-electron chi connectivity index (χ0n) is 18.3. The molecule has 3 aromatic rings. The van der Waals surface area contributed by atoms with E-state index in [0.29, 0.717) is 6.42 Å². The van der Waals surface area contributed by atoms with Gasteiger partial charge in [-0.25, -0.2) is 9.78 Å². The first kappa shape index (κ1) is 22.4. The van der Waals surface area contributed by atoms with Crippen molar-refractivity contribution in [1.82, 2.24) is 19.9 Å². The Morgan fingerprint density at radius 2 is 1.84 bits per heavy atom. The molecule has 1 aliphatic heterocycles. The van der Waals surface area contributed by atoms with E-state index in [4.69, 9.17) is 5.11 Å². The van der Waals surface area contributed by atoms with Crippen molar-refractivity contribution in [3.8, 4) is 0 Å². The molecule has 1 fully saturated rings. The molecular weight excluding hydrogens is 394 g/mol. The van der Waals surface area contributed by atoms with E-state index in [1.54, 1.807) is 12.3 Å². The molecule has 0 aromatic carbocycles. The normalized spacial score (nSPS) is 14.2. The summed E-state index contributed by atoms with van der Waals surface area (Å²) in [4.78, 5) is 39.0. The summed E-state index contributed by atoms with van der Waals surface area (Å²) in [6.07, 6.45) is 4.18. The van der Waals surface area contributed by atoms with Gasteiger partial charge in [-0.2, -0.15) is 0 Å². The predicted octanol–water partition coefficient (Wildman–Crippen LogP) is 2.93. The van der Waals surface area contributed by atoms with Gasteiger partial charge in [-0.3, -0.25) is 14.7 Å². The van der Waals surface area contributed by atoms with Crippen LogP contribution in [-0.4, -0.2) is 57.1 Å². The van der Waals surface area contributed by atoms with Gasteiger partial charge in [0.05, 0.1) is 22.9 Å². The summed E-state index contributed by atoms with van der Waals surface area (Å²) in [7, 11) is 0. The second kappa shape index (κ2) is 10.2. The molecular formula is C23H29N5O3. The Kier molecular flexibility index (Phi) is 7.36. The third-order valence-electron chi connectivity index (χ3n) is 5.32. The number of nitrogens with one attached hydrogen (secondary N) is 1. The summed E-state index contributed by atoms with van der Waals surface area (Å²) in [6, 6.07) is 7.21. The van der Waals surface area contributed by atoms with Crippen LogP contribution in [0.25, 0.3) is 11.0 Å². The number of anilines is 1. The maximum Gasteiger partial charge on any atom is 0.354 e. The average Bonchev–Trinajstić information content (AvgIpc) is 2.80. The number of carbonyl (C=O) groups is 1. The molecule has 8 nitrogen and oxygen atoms in total. The molecule has 3 aromatic heterocycles. The van der Waals surface area contributed by atoms with Crippen LogP contribution in [0, 0.1) is 0 Å². The number of carboxylic acids is 1. The molecule has 8 heteroatoms. The van der Waals surface area contributed by atoms with E-state index in [-0.39, 0.29) is 11.3 Å². The van der Waals surface area contributed by atoms with E-state index < -0.39 is 5.97 Å². The van der Waals surface area contributed by atoms with Gasteiger partial charge in [0.1, 0.15) is 5.69 Å². The molecule has 2 N–H and O–H groups in total. The van der Waals surface area contributed by atoms with Gasteiger partial charge in [-0.15, -0.1) is 0 Å². The van der Waals surface area contributed by atoms with Crippen molar-refractivity contribution in [2.75, 3.05) is 31.1 Å². The number of H-pyrrole nitrogens is 1. The third-order valence-corrected chi connectivity index (χ3v) is 5.32. The summed E-state index contributed by atoms with van der Waals surface area (Å²) < 4.78 is 0. The van der Waals surface area contributed by atoms with Gasteiger partial charge in [0.2, 0.25) is 0 Å². The van der Waals surface area contributed by atoms with Crippen LogP contribution in [0.5, 0.6) is 0 Å². The number of aromatic nitrogens is 3. The average molecular weight is 424 g/mol. The lowest BCUT2D eigenvalue weighted by molar-refractivity contribution is 0.0690. The topological polar surface area (TPSA) is 102 Å². The summed E-state index contributed by atoms with van der Waals surface area (Å²) in [5.41, 5.74) is 4.35. The van der Waals surface area contributed by atoms with Crippen LogP contribution in [0.2, 0.25) is 0 Å². The zero-order chi connectivity index (χ0) is 22.4. The first-order valence-corrected chi connectivity index (χ1v) is 10.7. The van der Waals surface area contributed by atoms with Gasteiger partial charge in [0.15, 0.2) is 0 Å². The minimum atomic E-state index is -1.02. The molecule has 0 amide bonds. The second-order valence-electron chi connectivity index (χ2n) is 7.22. The highest BCUT2D eigenvalue weighted by atomic mass is 16.4. The highest BCUT2D eigenvalue weighted by Crippen LogP contribution is 2.18. The van der Waals surface area contributed by atoms with Crippen molar-refractivity contribution in [2.24, 2.45) is 0 Å².